The fourth-order valence-corrected chi connectivity index (χ4v) is 5.48. The van der Waals surface area contributed by atoms with Crippen molar-refractivity contribution >= 4 is 71.9 Å². The second kappa shape index (κ2) is 9.35. The van der Waals surface area contributed by atoms with Crippen LogP contribution in [0.5, 0.6) is 0 Å². The molecule has 4 aromatic rings. The van der Waals surface area contributed by atoms with Gasteiger partial charge in [-0.15, -0.1) is 11.3 Å². The fraction of sp³-hybridized carbons (Fsp3) is 0.125. The molecule has 0 bridgehead atoms. The van der Waals surface area contributed by atoms with Gasteiger partial charge < -0.3 is 5.32 Å². The van der Waals surface area contributed by atoms with Crippen LogP contribution in [0.15, 0.2) is 66.7 Å². The molecule has 0 fully saturated rings. The summed E-state index contributed by atoms with van der Waals surface area (Å²) in [6.07, 6.45) is 1.17. The zero-order valence-corrected chi connectivity index (χ0v) is 20.9. The monoisotopic (exact) mass is 518 g/mol. The molecule has 1 aromatic heterocycles. The SMILES string of the molecule is Cc1ccc(Cl)cc1NC(=O)c1cc2cc(N(Cc3ccc(Cl)cc3)S(C)(=O)=O)ccc2s1. The third kappa shape index (κ3) is 5.50. The van der Waals surface area contributed by atoms with Crippen LogP contribution in [-0.4, -0.2) is 20.6 Å². The molecular formula is C24H20Cl2N2O3S2. The van der Waals surface area contributed by atoms with Crippen molar-refractivity contribution < 1.29 is 13.2 Å². The summed E-state index contributed by atoms with van der Waals surface area (Å²) in [5.74, 6) is -0.246. The second-order valence-corrected chi connectivity index (χ2v) is 11.5. The maximum absolute atomic E-state index is 12.8. The molecule has 0 aliphatic carbocycles. The first-order valence-corrected chi connectivity index (χ1v) is 13.4. The van der Waals surface area contributed by atoms with Gasteiger partial charge in [-0.3, -0.25) is 9.10 Å². The number of carbonyl (C=O) groups excluding carboxylic acids is 1. The van der Waals surface area contributed by atoms with E-state index in [1.165, 1.54) is 21.9 Å². The molecule has 0 unspecified atom stereocenters. The number of halogens is 2. The number of benzene rings is 3. The van der Waals surface area contributed by atoms with Crippen molar-refractivity contribution in [3.63, 3.8) is 0 Å². The molecule has 3 aromatic carbocycles. The standard InChI is InChI=1S/C24H20Cl2N2O3S2/c1-15-3-6-19(26)13-21(15)27-24(29)23-12-17-11-20(9-10-22(17)32-23)28(33(2,30)31)14-16-4-7-18(25)8-5-16/h3-13H,14H2,1-2H3,(H,27,29). The molecule has 0 spiro atoms. The lowest BCUT2D eigenvalue weighted by molar-refractivity contribution is 0.103. The number of nitrogens with zero attached hydrogens (tertiary/aromatic N) is 1. The smallest absolute Gasteiger partial charge is 0.265 e. The van der Waals surface area contributed by atoms with Crippen LogP contribution >= 0.6 is 34.5 Å². The van der Waals surface area contributed by atoms with E-state index in [1.54, 1.807) is 54.6 Å². The lowest BCUT2D eigenvalue weighted by Crippen LogP contribution is -2.29. The average Bonchev–Trinajstić information content (AvgIpc) is 3.18. The summed E-state index contributed by atoms with van der Waals surface area (Å²) in [6, 6.07) is 19.5. The van der Waals surface area contributed by atoms with E-state index in [0.717, 1.165) is 21.2 Å². The van der Waals surface area contributed by atoms with E-state index in [9.17, 15) is 13.2 Å². The topological polar surface area (TPSA) is 66.5 Å². The zero-order chi connectivity index (χ0) is 23.8. The number of anilines is 2. The maximum Gasteiger partial charge on any atom is 0.265 e. The Morgan fingerprint density at radius 3 is 2.36 bits per heavy atom. The molecule has 0 aliphatic rings. The van der Waals surface area contributed by atoms with Crippen LogP contribution in [0.25, 0.3) is 10.1 Å². The molecule has 0 aliphatic heterocycles. The Balaban J connectivity index is 1.63. The third-order valence-corrected chi connectivity index (χ3v) is 7.84. The van der Waals surface area contributed by atoms with Gasteiger partial charge in [-0.05, 0) is 72.0 Å². The van der Waals surface area contributed by atoms with Gasteiger partial charge in [0.2, 0.25) is 10.0 Å². The quantitative estimate of drug-likeness (QED) is 0.307. The Kier molecular flexibility index (Phi) is 6.68. The summed E-state index contributed by atoms with van der Waals surface area (Å²) in [5.41, 5.74) is 2.89. The van der Waals surface area contributed by atoms with Crippen LogP contribution in [0.3, 0.4) is 0 Å². The Morgan fingerprint density at radius 2 is 1.67 bits per heavy atom. The Hall–Kier alpha value is -2.58. The minimum Gasteiger partial charge on any atom is -0.321 e. The van der Waals surface area contributed by atoms with E-state index in [0.29, 0.717) is 26.3 Å². The Morgan fingerprint density at radius 1 is 0.970 bits per heavy atom. The van der Waals surface area contributed by atoms with Crippen LogP contribution in [0, 0.1) is 6.92 Å². The third-order valence-electron chi connectivity index (χ3n) is 5.10. The number of aryl methyl sites for hydroxylation is 1. The molecule has 9 heteroatoms. The van der Waals surface area contributed by atoms with Crippen LogP contribution in [0.1, 0.15) is 20.8 Å². The highest BCUT2D eigenvalue weighted by Crippen LogP contribution is 2.32. The van der Waals surface area contributed by atoms with Crippen LogP contribution in [-0.2, 0) is 16.6 Å². The predicted molar refractivity (Wildman–Crippen MR) is 138 cm³/mol. The van der Waals surface area contributed by atoms with Crippen LogP contribution in [0.2, 0.25) is 10.0 Å². The van der Waals surface area contributed by atoms with E-state index in [4.69, 9.17) is 23.2 Å². The number of thiophene rings is 1. The largest absolute Gasteiger partial charge is 0.321 e. The van der Waals surface area contributed by atoms with Gasteiger partial charge in [0, 0.05) is 20.4 Å². The van der Waals surface area contributed by atoms with Crippen molar-refractivity contribution in [1.29, 1.82) is 0 Å². The molecule has 0 saturated heterocycles. The van der Waals surface area contributed by atoms with E-state index in [2.05, 4.69) is 5.32 Å². The average molecular weight is 519 g/mol. The van der Waals surface area contributed by atoms with Gasteiger partial charge in [-0.2, -0.15) is 0 Å². The lowest BCUT2D eigenvalue weighted by Gasteiger charge is -2.22. The molecule has 33 heavy (non-hydrogen) atoms. The van der Waals surface area contributed by atoms with Gasteiger partial charge in [-0.1, -0.05) is 41.4 Å². The lowest BCUT2D eigenvalue weighted by atomic mass is 10.2. The number of hydrogen-bond acceptors (Lipinski definition) is 4. The van der Waals surface area contributed by atoms with Crippen molar-refractivity contribution in [2.24, 2.45) is 0 Å². The summed E-state index contributed by atoms with van der Waals surface area (Å²) in [4.78, 5) is 13.4. The summed E-state index contributed by atoms with van der Waals surface area (Å²) < 4.78 is 27.3. The minimum absolute atomic E-state index is 0.174. The first kappa shape index (κ1) is 23.6. The fourth-order valence-electron chi connectivity index (χ4n) is 3.37. The van der Waals surface area contributed by atoms with Gasteiger partial charge in [0.15, 0.2) is 0 Å². The van der Waals surface area contributed by atoms with Crippen molar-refractivity contribution in [3.8, 4) is 0 Å². The minimum atomic E-state index is -3.54. The number of carbonyl (C=O) groups is 1. The van der Waals surface area contributed by atoms with Crippen LogP contribution in [0.4, 0.5) is 11.4 Å². The molecule has 0 atom stereocenters. The second-order valence-electron chi connectivity index (χ2n) is 7.64. The highest BCUT2D eigenvalue weighted by atomic mass is 35.5. The summed E-state index contributed by atoms with van der Waals surface area (Å²) >= 11 is 13.3. The number of fused-ring (bicyclic) bond motifs is 1. The van der Waals surface area contributed by atoms with Gasteiger partial charge in [0.05, 0.1) is 23.4 Å². The summed E-state index contributed by atoms with van der Waals surface area (Å²) in [7, 11) is -3.54. The predicted octanol–water partition coefficient (Wildman–Crippen LogP) is 6.74. The van der Waals surface area contributed by atoms with Gasteiger partial charge in [0.1, 0.15) is 0 Å². The van der Waals surface area contributed by atoms with Crippen molar-refractivity contribution in [2.75, 3.05) is 15.9 Å². The summed E-state index contributed by atoms with van der Waals surface area (Å²) in [5, 5.41) is 4.81. The van der Waals surface area contributed by atoms with E-state index in [1.807, 2.05) is 19.1 Å². The van der Waals surface area contributed by atoms with Gasteiger partial charge in [0.25, 0.3) is 5.91 Å². The molecule has 170 valence electrons. The number of hydrogen-bond donors (Lipinski definition) is 1. The molecule has 1 amide bonds. The van der Waals surface area contributed by atoms with Crippen LogP contribution < -0.4 is 9.62 Å². The van der Waals surface area contributed by atoms with Gasteiger partial charge >= 0.3 is 0 Å². The molecule has 0 saturated carbocycles. The summed E-state index contributed by atoms with van der Waals surface area (Å²) in [6.45, 7) is 2.07. The van der Waals surface area contributed by atoms with Crippen molar-refractivity contribution in [2.45, 2.75) is 13.5 Å². The van der Waals surface area contributed by atoms with Crippen molar-refractivity contribution in [3.05, 3.63) is 92.8 Å². The molecule has 0 radical (unpaired) electrons. The molecule has 4 rings (SSSR count). The Labute approximate surface area is 206 Å². The first-order valence-electron chi connectivity index (χ1n) is 9.93. The highest BCUT2D eigenvalue weighted by Gasteiger charge is 2.20. The molecule has 5 nitrogen and oxygen atoms in total. The first-order chi connectivity index (χ1) is 15.6. The highest BCUT2D eigenvalue weighted by molar-refractivity contribution is 7.92. The van der Waals surface area contributed by atoms with Gasteiger partial charge in [-0.25, -0.2) is 8.42 Å². The van der Waals surface area contributed by atoms with Crippen molar-refractivity contribution in [1.82, 2.24) is 0 Å². The number of amides is 1. The van der Waals surface area contributed by atoms with E-state index in [-0.39, 0.29) is 12.5 Å². The van der Waals surface area contributed by atoms with E-state index < -0.39 is 10.0 Å². The number of rotatable bonds is 6. The van der Waals surface area contributed by atoms with E-state index >= 15 is 0 Å². The molecular weight excluding hydrogens is 499 g/mol. The maximum atomic E-state index is 12.8. The zero-order valence-electron chi connectivity index (χ0n) is 17.8. The Bertz CT molecular complexity index is 1450. The molecule has 1 N–H and O–H groups in total. The normalized spacial score (nSPS) is 11.5. The molecule has 1 heterocycles. The number of sulfonamides is 1. The number of nitrogens with one attached hydrogen (secondary N) is 1.